The van der Waals surface area contributed by atoms with Crippen LogP contribution in [0.1, 0.15) is 49.2 Å². The first-order valence-electron chi connectivity index (χ1n) is 6.37. The van der Waals surface area contributed by atoms with Crippen LogP contribution in [0.25, 0.3) is 0 Å². The van der Waals surface area contributed by atoms with Gasteiger partial charge in [0.25, 0.3) is 0 Å². The minimum absolute atomic E-state index is 0.246. The second-order valence-corrected chi connectivity index (χ2v) is 7.87. The van der Waals surface area contributed by atoms with E-state index >= 15 is 0 Å². The lowest BCUT2D eigenvalue weighted by molar-refractivity contribution is 0.636. The number of hydrogen-bond acceptors (Lipinski definition) is 3. The number of halogens is 1. The standard InChI is InChI=1S/C13H20ClNS2/c1-2-10(15)13(11-7-8-12(14)17-11)16-9-5-3-4-6-9/h7-10,13H,2-6,15H2,1H3. The molecule has 17 heavy (non-hydrogen) atoms. The minimum Gasteiger partial charge on any atom is -0.326 e. The molecule has 1 aliphatic carbocycles. The van der Waals surface area contributed by atoms with Gasteiger partial charge in [0.05, 0.1) is 9.59 Å². The van der Waals surface area contributed by atoms with E-state index in [0.717, 1.165) is 16.0 Å². The molecular formula is C13H20ClNS2. The highest BCUT2D eigenvalue weighted by Gasteiger charge is 2.26. The molecule has 0 saturated heterocycles. The summed E-state index contributed by atoms with van der Waals surface area (Å²) in [6.07, 6.45) is 6.52. The molecule has 96 valence electrons. The van der Waals surface area contributed by atoms with Crippen LogP contribution in [0.3, 0.4) is 0 Å². The Morgan fingerprint density at radius 3 is 2.71 bits per heavy atom. The maximum absolute atomic E-state index is 6.28. The van der Waals surface area contributed by atoms with Crippen LogP contribution >= 0.6 is 34.7 Å². The summed E-state index contributed by atoms with van der Waals surface area (Å²) in [5, 5.41) is 1.24. The van der Waals surface area contributed by atoms with Crippen LogP contribution < -0.4 is 5.73 Å². The van der Waals surface area contributed by atoms with Crippen molar-refractivity contribution in [2.45, 2.75) is 55.6 Å². The SMILES string of the molecule is CCC(N)C(SC1CCCC1)c1ccc(Cl)s1. The molecule has 2 atom stereocenters. The first-order chi connectivity index (χ1) is 8.20. The van der Waals surface area contributed by atoms with Crippen molar-refractivity contribution in [3.63, 3.8) is 0 Å². The third kappa shape index (κ3) is 3.63. The molecule has 0 spiro atoms. The van der Waals surface area contributed by atoms with E-state index in [1.165, 1.54) is 30.6 Å². The maximum Gasteiger partial charge on any atom is 0.0931 e. The molecule has 4 heteroatoms. The van der Waals surface area contributed by atoms with Crippen LogP contribution in [0.15, 0.2) is 12.1 Å². The molecule has 1 aromatic heterocycles. The molecule has 0 amide bonds. The molecule has 0 radical (unpaired) electrons. The molecular weight excluding hydrogens is 270 g/mol. The van der Waals surface area contributed by atoms with Crippen LogP contribution in [0.4, 0.5) is 0 Å². The average Bonchev–Trinajstić information content (AvgIpc) is 2.96. The monoisotopic (exact) mass is 289 g/mol. The van der Waals surface area contributed by atoms with E-state index in [-0.39, 0.29) is 6.04 Å². The maximum atomic E-state index is 6.28. The van der Waals surface area contributed by atoms with Crippen molar-refractivity contribution in [3.05, 3.63) is 21.3 Å². The quantitative estimate of drug-likeness (QED) is 0.838. The van der Waals surface area contributed by atoms with Gasteiger partial charge in [0.15, 0.2) is 0 Å². The van der Waals surface area contributed by atoms with E-state index in [4.69, 9.17) is 17.3 Å². The number of rotatable bonds is 5. The smallest absolute Gasteiger partial charge is 0.0931 e. The molecule has 2 rings (SSSR count). The Kier molecular flexibility index (Phi) is 5.22. The van der Waals surface area contributed by atoms with Gasteiger partial charge in [-0.1, -0.05) is 31.4 Å². The van der Waals surface area contributed by atoms with Crippen LogP contribution in [-0.2, 0) is 0 Å². The van der Waals surface area contributed by atoms with Crippen LogP contribution in [0, 0.1) is 0 Å². The molecule has 1 nitrogen and oxygen atoms in total. The number of thioether (sulfide) groups is 1. The van der Waals surface area contributed by atoms with Crippen LogP contribution in [0.2, 0.25) is 4.34 Å². The first-order valence-corrected chi connectivity index (χ1v) is 8.50. The highest BCUT2D eigenvalue weighted by molar-refractivity contribution is 8.00. The topological polar surface area (TPSA) is 26.0 Å². The van der Waals surface area contributed by atoms with Crippen LogP contribution in [0.5, 0.6) is 0 Å². The molecule has 1 aliphatic rings. The van der Waals surface area contributed by atoms with Crippen LogP contribution in [-0.4, -0.2) is 11.3 Å². The normalized spacial score (nSPS) is 20.6. The molecule has 2 N–H and O–H groups in total. The Bertz CT molecular complexity index is 347. The van der Waals surface area contributed by atoms with Gasteiger partial charge >= 0.3 is 0 Å². The predicted octanol–water partition coefficient (Wildman–Crippen LogP) is 4.86. The van der Waals surface area contributed by atoms with Crippen molar-refractivity contribution >= 4 is 34.7 Å². The molecule has 2 unspecified atom stereocenters. The third-order valence-corrected chi connectivity index (χ3v) is 6.59. The summed E-state index contributed by atoms with van der Waals surface area (Å²) in [5.41, 5.74) is 6.28. The summed E-state index contributed by atoms with van der Waals surface area (Å²) < 4.78 is 0.875. The van der Waals surface area contributed by atoms with E-state index in [1.54, 1.807) is 11.3 Å². The summed E-state index contributed by atoms with van der Waals surface area (Å²) in [5.74, 6) is 0. The van der Waals surface area contributed by atoms with E-state index in [2.05, 4.69) is 24.8 Å². The lowest BCUT2D eigenvalue weighted by atomic mass is 10.1. The van der Waals surface area contributed by atoms with Gasteiger partial charge < -0.3 is 5.73 Å². The number of hydrogen-bond donors (Lipinski definition) is 1. The Morgan fingerprint density at radius 1 is 1.47 bits per heavy atom. The lowest BCUT2D eigenvalue weighted by Crippen LogP contribution is -2.26. The predicted molar refractivity (Wildman–Crippen MR) is 80.2 cm³/mol. The van der Waals surface area contributed by atoms with Crippen molar-refractivity contribution in [1.29, 1.82) is 0 Å². The van der Waals surface area contributed by atoms with Gasteiger partial charge in [0, 0.05) is 16.2 Å². The fourth-order valence-electron chi connectivity index (χ4n) is 2.31. The van der Waals surface area contributed by atoms with Gasteiger partial charge in [0.1, 0.15) is 0 Å². The van der Waals surface area contributed by atoms with Gasteiger partial charge in [-0.15, -0.1) is 23.1 Å². The van der Waals surface area contributed by atoms with Gasteiger partial charge in [-0.3, -0.25) is 0 Å². The average molecular weight is 290 g/mol. The van der Waals surface area contributed by atoms with Crippen molar-refractivity contribution in [1.82, 2.24) is 0 Å². The van der Waals surface area contributed by atoms with E-state index in [1.807, 2.05) is 6.07 Å². The fourth-order valence-corrected chi connectivity index (χ4v) is 5.36. The molecule has 1 aromatic rings. The molecule has 1 heterocycles. The highest BCUT2D eigenvalue weighted by atomic mass is 35.5. The fraction of sp³-hybridized carbons (Fsp3) is 0.692. The van der Waals surface area contributed by atoms with E-state index in [9.17, 15) is 0 Å². The van der Waals surface area contributed by atoms with E-state index < -0.39 is 0 Å². The zero-order valence-electron chi connectivity index (χ0n) is 10.2. The zero-order valence-corrected chi connectivity index (χ0v) is 12.6. The van der Waals surface area contributed by atoms with Gasteiger partial charge in [-0.05, 0) is 31.4 Å². The summed E-state index contributed by atoms with van der Waals surface area (Å²) in [4.78, 5) is 1.35. The van der Waals surface area contributed by atoms with Gasteiger partial charge in [-0.25, -0.2) is 0 Å². The minimum atomic E-state index is 0.246. The number of thiophene rings is 1. The molecule has 0 bridgehead atoms. The van der Waals surface area contributed by atoms with Crippen molar-refractivity contribution in [2.24, 2.45) is 5.73 Å². The highest BCUT2D eigenvalue weighted by Crippen LogP contribution is 2.44. The number of nitrogens with two attached hydrogens (primary N) is 1. The Labute approximate surface area is 117 Å². The second-order valence-electron chi connectivity index (χ2n) is 4.68. The van der Waals surface area contributed by atoms with Gasteiger partial charge in [-0.2, -0.15) is 0 Å². The Morgan fingerprint density at radius 2 is 2.18 bits per heavy atom. The van der Waals surface area contributed by atoms with Gasteiger partial charge in [0.2, 0.25) is 0 Å². The summed E-state index contributed by atoms with van der Waals surface area (Å²) in [6.45, 7) is 2.17. The summed E-state index contributed by atoms with van der Waals surface area (Å²) in [6, 6.07) is 4.39. The molecule has 1 fully saturated rings. The summed E-state index contributed by atoms with van der Waals surface area (Å²) >= 11 is 9.80. The third-order valence-electron chi connectivity index (χ3n) is 3.38. The molecule has 0 aliphatic heterocycles. The Balaban J connectivity index is 2.07. The molecule has 0 aromatic carbocycles. The summed E-state index contributed by atoms with van der Waals surface area (Å²) in [7, 11) is 0. The largest absolute Gasteiger partial charge is 0.326 e. The lowest BCUT2D eigenvalue weighted by Gasteiger charge is -2.24. The second kappa shape index (κ2) is 6.46. The van der Waals surface area contributed by atoms with Crippen molar-refractivity contribution < 1.29 is 0 Å². The molecule has 1 saturated carbocycles. The first kappa shape index (κ1) is 13.7. The van der Waals surface area contributed by atoms with Crippen molar-refractivity contribution in [2.75, 3.05) is 0 Å². The van der Waals surface area contributed by atoms with Crippen molar-refractivity contribution in [3.8, 4) is 0 Å². The van der Waals surface area contributed by atoms with E-state index in [0.29, 0.717) is 5.25 Å². The Hall–Kier alpha value is 0.300. The zero-order chi connectivity index (χ0) is 12.3.